The minimum atomic E-state index is -0.395. The van der Waals surface area contributed by atoms with E-state index in [1.807, 2.05) is 20.8 Å². The van der Waals surface area contributed by atoms with Crippen LogP contribution in [0.5, 0.6) is 0 Å². The molecule has 0 aliphatic rings. The Kier molecular flexibility index (Phi) is 4.23. The number of amidine groups is 1. The van der Waals surface area contributed by atoms with Gasteiger partial charge in [-0.05, 0) is 38.0 Å². The second-order valence-corrected chi connectivity index (χ2v) is 4.62. The van der Waals surface area contributed by atoms with Gasteiger partial charge < -0.3 is 10.5 Å². The lowest BCUT2D eigenvalue weighted by Gasteiger charge is -2.24. The van der Waals surface area contributed by atoms with Gasteiger partial charge in [0.05, 0.1) is 12.2 Å². The van der Waals surface area contributed by atoms with Crippen molar-refractivity contribution in [2.45, 2.75) is 39.4 Å². The Hall–Kier alpha value is -1.42. The Morgan fingerprint density at radius 2 is 2.12 bits per heavy atom. The van der Waals surface area contributed by atoms with Crippen LogP contribution in [-0.4, -0.2) is 11.4 Å². The molecule has 0 spiro atoms. The highest BCUT2D eigenvalue weighted by atomic mass is 19.1. The molecule has 0 aliphatic carbocycles. The zero-order valence-electron chi connectivity index (χ0n) is 10.5. The van der Waals surface area contributed by atoms with Crippen LogP contribution >= 0.6 is 0 Å². The van der Waals surface area contributed by atoms with Crippen molar-refractivity contribution in [1.82, 2.24) is 0 Å². The van der Waals surface area contributed by atoms with Crippen LogP contribution in [0.2, 0.25) is 0 Å². The minimum Gasteiger partial charge on any atom is -0.384 e. The van der Waals surface area contributed by atoms with Crippen molar-refractivity contribution in [3.8, 4) is 0 Å². The predicted molar refractivity (Wildman–Crippen MR) is 66.6 cm³/mol. The molecule has 1 aromatic rings. The first-order valence-corrected chi connectivity index (χ1v) is 5.62. The maximum absolute atomic E-state index is 13.1. The molecule has 1 aromatic carbocycles. The molecule has 94 valence electrons. The summed E-state index contributed by atoms with van der Waals surface area (Å²) in [4.78, 5) is 0. The van der Waals surface area contributed by atoms with Crippen LogP contribution in [0.1, 0.15) is 38.3 Å². The van der Waals surface area contributed by atoms with Crippen molar-refractivity contribution in [3.05, 3.63) is 35.1 Å². The molecule has 0 amide bonds. The van der Waals surface area contributed by atoms with Gasteiger partial charge >= 0.3 is 0 Å². The third-order valence-electron chi connectivity index (χ3n) is 2.83. The topological polar surface area (TPSA) is 59.1 Å². The largest absolute Gasteiger partial charge is 0.384 e. The second-order valence-electron chi connectivity index (χ2n) is 4.62. The average molecular weight is 238 g/mol. The van der Waals surface area contributed by atoms with Crippen molar-refractivity contribution in [2.24, 2.45) is 5.73 Å². The van der Waals surface area contributed by atoms with Crippen molar-refractivity contribution in [2.75, 3.05) is 0 Å². The summed E-state index contributed by atoms with van der Waals surface area (Å²) < 4.78 is 18.8. The number of hydrogen-bond donors (Lipinski definition) is 2. The standard InChI is InChI=1S/C13H19FN2O/c1-4-13(2,3)17-8-9-5-6-10(14)7-11(9)12(15)16/h5-7H,4,8H2,1-3H3,(H3,15,16). The summed E-state index contributed by atoms with van der Waals surface area (Å²) in [6.07, 6.45) is 0.879. The van der Waals surface area contributed by atoms with Crippen molar-refractivity contribution in [1.29, 1.82) is 5.41 Å². The van der Waals surface area contributed by atoms with Crippen molar-refractivity contribution < 1.29 is 9.13 Å². The highest BCUT2D eigenvalue weighted by molar-refractivity contribution is 5.96. The molecule has 0 saturated carbocycles. The Morgan fingerprint density at radius 1 is 1.47 bits per heavy atom. The van der Waals surface area contributed by atoms with Crippen LogP contribution in [0.25, 0.3) is 0 Å². The molecule has 0 aromatic heterocycles. The average Bonchev–Trinajstić information content (AvgIpc) is 2.27. The molecule has 0 atom stereocenters. The molecule has 0 unspecified atom stereocenters. The number of hydrogen-bond acceptors (Lipinski definition) is 2. The van der Waals surface area contributed by atoms with E-state index in [2.05, 4.69) is 0 Å². The van der Waals surface area contributed by atoms with Crippen molar-refractivity contribution in [3.63, 3.8) is 0 Å². The van der Waals surface area contributed by atoms with Gasteiger partial charge in [0.1, 0.15) is 11.7 Å². The molecule has 1 rings (SSSR count). The number of nitrogen functional groups attached to an aromatic ring is 1. The van der Waals surface area contributed by atoms with E-state index in [4.69, 9.17) is 15.9 Å². The molecule has 4 heteroatoms. The van der Waals surface area contributed by atoms with Gasteiger partial charge in [-0.3, -0.25) is 5.41 Å². The summed E-state index contributed by atoms with van der Waals surface area (Å²) in [6.45, 7) is 6.35. The molecule has 0 bridgehead atoms. The quantitative estimate of drug-likeness (QED) is 0.612. The van der Waals surface area contributed by atoms with Crippen molar-refractivity contribution >= 4 is 5.84 Å². The molecule has 0 aliphatic heterocycles. The van der Waals surface area contributed by atoms with Gasteiger partial charge in [0, 0.05) is 5.56 Å². The predicted octanol–water partition coefficient (Wildman–Crippen LogP) is 2.81. The lowest BCUT2D eigenvalue weighted by molar-refractivity contribution is -0.0316. The van der Waals surface area contributed by atoms with E-state index in [0.717, 1.165) is 12.0 Å². The fourth-order valence-corrected chi connectivity index (χ4v) is 1.30. The fourth-order valence-electron chi connectivity index (χ4n) is 1.30. The molecule has 0 radical (unpaired) electrons. The van der Waals surface area contributed by atoms with E-state index in [0.29, 0.717) is 12.2 Å². The fraction of sp³-hybridized carbons (Fsp3) is 0.462. The lowest BCUT2D eigenvalue weighted by atomic mass is 10.0. The molecule has 0 saturated heterocycles. The maximum atomic E-state index is 13.1. The zero-order chi connectivity index (χ0) is 13.1. The van der Waals surface area contributed by atoms with Crippen LogP contribution in [0.4, 0.5) is 4.39 Å². The normalized spacial score (nSPS) is 11.5. The summed E-state index contributed by atoms with van der Waals surface area (Å²) in [5, 5.41) is 7.41. The first-order chi connectivity index (χ1) is 7.85. The van der Waals surface area contributed by atoms with E-state index in [1.54, 1.807) is 6.07 Å². The Labute approximate surface area is 101 Å². The van der Waals surface area contributed by atoms with E-state index < -0.39 is 5.82 Å². The summed E-state index contributed by atoms with van der Waals surface area (Å²) in [5.74, 6) is -0.536. The van der Waals surface area contributed by atoms with Gasteiger partial charge in [-0.25, -0.2) is 4.39 Å². The molecule has 0 fully saturated rings. The number of benzene rings is 1. The number of ether oxygens (including phenoxy) is 1. The van der Waals surface area contributed by atoms with E-state index in [9.17, 15) is 4.39 Å². The van der Waals surface area contributed by atoms with Crippen LogP contribution in [0.3, 0.4) is 0 Å². The van der Waals surface area contributed by atoms with Crippen LogP contribution in [0, 0.1) is 11.2 Å². The van der Waals surface area contributed by atoms with Crippen LogP contribution in [-0.2, 0) is 11.3 Å². The van der Waals surface area contributed by atoms with E-state index in [1.165, 1.54) is 12.1 Å². The monoisotopic (exact) mass is 238 g/mol. The van der Waals surface area contributed by atoms with E-state index in [-0.39, 0.29) is 11.4 Å². The van der Waals surface area contributed by atoms with Gasteiger partial charge in [-0.2, -0.15) is 0 Å². The second kappa shape index (κ2) is 5.27. The van der Waals surface area contributed by atoms with Gasteiger partial charge in [-0.15, -0.1) is 0 Å². The van der Waals surface area contributed by atoms with Gasteiger partial charge in [0.2, 0.25) is 0 Å². The highest BCUT2D eigenvalue weighted by Gasteiger charge is 2.16. The lowest BCUT2D eigenvalue weighted by Crippen LogP contribution is -2.24. The summed E-state index contributed by atoms with van der Waals surface area (Å²) in [7, 11) is 0. The third-order valence-corrected chi connectivity index (χ3v) is 2.83. The molecule has 3 nitrogen and oxygen atoms in total. The first-order valence-electron chi connectivity index (χ1n) is 5.62. The smallest absolute Gasteiger partial charge is 0.123 e. The first kappa shape index (κ1) is 13.6. The SMILES string of the molecule is CCC(C)(C)OCc1ccc(F)cc1C(=N)N. The molecule has 17 heavy (non-hydrogen) atoms. The number of halogens is 1. The maximum Gasteiger partial charge on any atom is 0.123 e. The summed E-state index contributed by atoms with van der Waals surface area (Å²) in [5.41, 5.74) is 6.32. The number of nitrogens with one attached hydrogen (secondary N) is 1. The van der Waals surface area contributed by atoms with Crippen LogP contribution < -0.4 is 5.73 Å². The van der Waals surface area contributed by atoms with Gasteiger partial charge in [-0.1, -0.05) is 13.0 Å². The molecule has 3 N–H and O–H groups in total. The summed E-state index contributed by atoms with van der Waals surface area (Å²) >= 11 is 0. The third kappa shape index (κ3) is 3.82. The van der Waals surface area contributed by atoms with Gasteiger partial charge in [0.15, 0.2) is 0 Å². The molecular weight excluding hydrogens is 219 g/mol. The molecular formula is C13H19FN2O. The molecule has 0 heterocycles. The number of rotatable bonds is 5. The number of nitrogens with two attached hydrogens (primary N) is 1. The van der Waals surface area contributed by atoms with Crippen LogP contribution in [0.15, 0.2) is 18.2 Å². The Balaban J connectivity index is 2.88. The summed E-state index contributed by atoms with van der Waals surface area (Å²) in [6, 6.07) is 4.22. The zero-order valence-corrected chi connectivity index (χ0v) is 10.5. The minimum absolute atomic E-state index is 0.141. The Morgan fingerprint density at radius 3 is 2.65 bits per heavy atom. The van der Waals surface area contributed by atoms with E-state index >= 15 is 0 Å². The van der Waals surface area contributed by atoms with Gasteiger partial charge in [0.25, 0.3) is 0 Å². The Bertz CT molecular complexity index is 416. The highest BCUT2D eigenvalue weighted by Crippen LogP contribution is 2.19.